The van der Waals surface area contributed by atoms with Gasteiger partial charge in [0.2, 0.25) is 0 Å². The summed E-state index contributed by atoms with van der Waals surface area (Å²) < 4.78 is 37.4. The molecule has 3 aromatic rings. The number of carboxylic acid groups (broad SMARTS) is 1. The van der Waals surface area contributed by atoms with Crippen LogP contribution < -0.4 is 14.2 Å². The van der Waals surface area contributed by atoms with Crippen LogP contribution in [0.1, 0.15) is 52.7 Å². The van der Waals surface area contributed by atoms with E-state index < -0.39 is 18.0 Å². The van der Waals surface area contributed by atoms with Gasteiger partial charge in [-0.2, -0.15) is 0 Å². The molecule has 1 N–H and O–H groups in total. The number of hydrogen-bond acceptors (Lipinski definition) is 6. The van der Waals surface area contributed by atoms with Crippen LogP contribution in [-0.4, -0.2) is 37.4 Å². The molecule has 0 radical (unpaired) electrons. The number of aliphatic carboxylic acids is 1. The van der Waals surface area contributed by atoms with Crippen molar-refractivity contribution in [2.24, 2.45) is 0 Å². The van der Waals surface area contributed by atoms with Crippen LogP contribution in [0.4, 0.5) is 4.39 Å². The van der Waals surface area contributed by atoms with Crippen LogP contribution in [0.3, 0.4) is 0 Å². The van der Waals surface area contributed by atoms with E-state index in [1.54, 1.807) is 12.1 Å². The molecule has 198 valence electrons. The molecule has 2 aliphatic rings. The maximum absolute atomic E-state index is 15.2. The Morgan fingerprint density at radius 1 is 1.08 bits per heavy atom. The highest BCUT2D eigenvalue weighted by molar-refractivity contribution is 5.77. The maximum atomic E-state index is 15.2. The fourth-order valence-electron chi connectivity index (χ4n) is 5.53. The van der Waals surface area contributed by atoms with Gasteiger partial charge in [0.1, 0.15) is 29.2 Å². The normalized spacial score (nSPS) is 17.4. The number of benzene rings is 3. The first-order valence-corrected chi connectivity index (χ1v) is 12.5. The molecule has 1 aliphatic carbocycles. The number of rotatable bonds is 8. The number of esters is 1. The molecule has 0 bridgehead atoms. The molecule has 1 heterocycles. The number of hydrogen-bond donors (Lipinski definition) is 1. The first-order chi connectivity index (χ1) is 18.2. The van der Waals surface area contributed by atoms with E-state index in [4.69, 9.17) is 19.3 Å². The Bertz CT molecular complexity index is 1390. The second-order valence-electron chi connectivity index (χ2n) is 9.73. The second-order valence-corrected chi connectivity index (χ2v) is 9.73. The van der Waals surface area contributed by atoms with E-state index in [1.807, 2.05) is 38.1 Å². The molecule has 38 heavy (non-hydrogen) atoms. The molecule has 0 aromatic heterocycles. The lowest BCUT2D eigenvalue weighted by molar-refractivity contribution is -0.143. The number of carboxylic acids is 1. The minimum Gasteiger partial charge on any atom is -0.492 e. The number of carbonyl (C=O) groups excluding carboxylic acids is 1. The van der Waals surface area contributed by atoms with Gasteiger partial charge in [-0.05, 0) is 78.8 Å². The van der Waals surface area contributed by atoms with Crippen molar-refractivity contribution in [3.8, 4) is 28.4 Å². The Labute approximate surface area is 220 Å². The number of carbonyl (C=O) groups is 2. The molecule has 2 atom stereocenters. The molecular formula is C30H29FO7. The number of aryl methyl sites for hydroxylation is 2. The monoisotopic (exact) mass is 520 g/mol. The van der Waals surface area contributed by atoms with Crippen LogP contribution >= 0.6 is 0 Å². The van der Waals surface area contributed by atoms with Gasteiger partial charge in [0.05, 0.1) is 20.1 Å². The molecule has 0 spiro atoms. The lowest BCUT2D eigenvalue weighted by atomic mass is 9.90. The van der Waals surface area contributed by atoms with E-state index in [0.29, 0.717) is 42.3 Å². The van der Waals surface area contributed by atoms with E-state index in [0.717, 1.165) is 33.4 Å². The molecule has 1 unspecified atom stereocenters. The SMILES string of the molecule is COC(=O)COc1cc(C)c(-c2ccc(F)c3c2CC[C@H]3Oc2ccc3c(c2)OCC3CC(=O)O)c(C)c1. The lowest BCUT2D eigenvalue weighted by Gasteiger charge is -2.19. The van der Waals surface area contributed by atoms with E-state index in [-0.39, 0.29) is 24.8 Å². The van der Waals surface area contributed by atoms with Gasteiger partial charge in [-0.1, -0.05) is 12.1 Å². The van der Waals surface area contributed by atoms with E-state index >= 15 is 4.39 Å². The van der Waals surface area contributed by atoms with Crippen LogP contribution in [-0.2, 0) is 20.7 Å². The van der Waals surface area contributed by atoms with Crippen molar-refractivity contribution in [3.05, 3.63) is 76.1 Å². The highest BCUT2D eigenvalue weighted by atomic mass is 19.1. The van der Waals surface area contributed by atoms with Gasteiger partial charge in [-0.15, -0.1) is 0 Å². The fourth-order valence-corrected chi connectivity index (χ4v) is 5.53. The Balaban J connectivity index is 1.41. The first-order valence-electron chi connectivity index (χ1n) is 12.5. The predicted molar refractivity (Wildman–Crippen MR) is 137 cm³/mol. The number of fused-ring (bicyclic) bond motifs is 2. The summed E-state index contributed by atoms with van der Waals surface area (Å²) in [6.07, 6.45) is 0.840. The fraction of sp³-hybridized carbons (Fsp3) is 0.333. The number of ether oxygens (including phenoxy) is 4. The summed E-state index contributed by atoms with van der Waals surface area (Å²) in [6.45, 7) is 4.08. The average molecular weight is 521 g/mol. The third kappa shape index (κ3) is 4.90. The van der Waals surface area contributed by atoms with E-state index in [1.165, 1.54) is 13.2 Å². The third-order valence-electron chi connectivity index (χ3n) is 7.21. The third-order valence-corrected chi connectivity index (χ3v) is 7.21. The van der Waals surface area contributed by atoms with Gasteiger partial charge < -0.3 is 24.1 Å². The summed E-state index contributed by atoms with van der Waals surface area (Å²) in [4.78, 5) is 22.6. The Hall–Kier alpha value is -4.07. The van der Waals surface area contributed by atoms with Crippen molar-refractivity contribution in [2.75, 3.05) is 20.3 Å². The number of halogens is 1. The van der Waals surface area contributed by atoms with Crippen molar-refractivity contribution >= 4 is 11.9 Å². The zero-order chi connectivity index (χ0) is 27.0. The van der Waals surface area contributed by atoms with Gasteiger partial charge in [0.25, 0.3) is 0 Å². The molecule has 5 rings (SSSR count). The van der Waals surface area contributed by atoms with Gasteiger partial charge in [0, 0.05) is 23.1 Å². The summed E-state index contributed by atoms with van der Waals surface area (Å²) in [7, 11) is 1.31. The Morgan fingerprint density at radius 2 is 1.84 bits per heavy atom. The first kappa shape index (κ1) is 25.6. The van der Waals surface area contributed by atoms with Crippen molar-refractivity contribution < 1.29 is 38.0 Å². The van der Waals surface area contributed by atoms with Crippen molar-refractivity contribution in [2.45, 2.75) is 45.1 Å². The lowest BCUT2D eigenvalue weighted by Crippen LogP contribution is -2.12. The summed E-state index contributed by atoms with van der Waals surface area (Å²) in [5.41, 5.74) is 6.19. The topological polar surface area (TPSA) is 91.3 Å². The molecule has 8 heteroatoms. The van der Waals surface area contributed by atoms with Crippen LogP contribution in [0.5, 0.6) is 17.2 Å². The molecular weight excluding hydrogens is 491 g/mol. The standard InChI is InChI=1S/C30H29FO7/c1-16-10-20(36-15-28(34)35-3)11-17(2)29(16)22-6-8-24(31)30-23(22)7-9-25(30)38-19-4-5-21-18(12-27(32)33)14-37-26(21)13-19/h4-6,8,10-11,13,18,25H,7,9,12,14-15H2,1-3H3,(H,32,33)/t18?,25-/m1/s1. The van der Waals surface area contributed by atoms with Gasteiger partial charge >= 0.3 is 11.9 Å². The zero-order valence-electron chi connectivity index (χ0n) is 21.5. The summed E-state index contributed by atoms with van der Waals surface area (Å²) >= 11 is 0. The van der Waals surface area contributed by atoms with Gasteiger partial charge in [-0.25, -0.2) is 9.18 Å². The highest BCUT2D eigenvalue weighted by Gasteiger charge is 2.32. The molecule has 0 fully saturated rings. The maximum Gasteiger partial charge on any atom is 0.343 e. The Morgan fingerprint density at radius 3 is 2.55 bits per heavy atom. The Kier molecular flexibility index (Phi) is 6.97. The van der Waals surface area contributed by atoms with Gasteiger partial charge in [-0.3, -0.25) is 4.79 Å². The smallest absolute Gasteiger partial charge is 0.343 e. The van der Waals surface area contributed by atoms with Crippen LogP contribution in [0, 0.1) is 19.7 Å². The summed E-state index contributed by atoms with van der Waals surface area (Å²) in [6, 6.07) is 12.4. The van der Waals surface area contributed by atoms with Crippen molar-refractivity contribution in [1.29, 1.82) is 0 Å². The van der Waals surface area contributed by atoms with Crippen LogP contribution in [0.2, 0.25) is 0 Å². The molecule has 0 saturated heterocycles. The molecule has 3 aromatic carbocycles. The number of methoxy groups -OCH3 is 1. The van der Waals surface area contributed by atoms with E-state index in [9.17, 15) is 9.59 Å². The second kappa shape index (κ2) is 10.4. The summed E-state index contributed by atoms with van der Waals surface area (Å²) in [5, 5.41) is 9.13. The molecule has 0 saturated carbocycles. The van der Waals surface area contributed by atoms with Gasteiger partial charge in [0.15, 0.2) is 6.61 Å². The zero-order valence-corrected chi connectivity index (χ0v) is 21.5. The molecule has 0 amide bonds. The van der Waals surface area contributed by atoms with Crippen molar-refractivity contribution in [1.82, 2.24) is 0 Å². The van der Waals surface area contributed by atoms with E-state index in [2.05, 4.69) is 4.74 Å². The van der Waals surface area contributed by atoms with Crippen LogP contribution in [0.15, 0.2) is 42.5 Å². The predicted octanol–water partition coefficient (Wildman–Crippen LogP) is 5.68. The van der Waals surface area contributed by atoms with Crippen molar-refractivity contribution in [3.63, 3.8) is 0 Å². The minimum absolute atomic E-state index is 0.00834. The summed E-state index contributed by atoms with van der Waals surface area (Å²) in [5.74, 6) is -0.0791. The quantitative estimate of drug-likeness (QED) is 0.382. The molecule has 7 nitrogen and oxygen atoms in total. The van der Waals surface area contributed by atoms with Crippen LogP contribution in [0.25, 0.3) is 11.1 Å². The minimum atomic E-state index is -0.866. The highest BCUT2D eigenvalue weighted by Crippen LogP contribution is 2.45. The average Bonchev–Trinajstić information content (AvgIpc) is 3.48. The largest absolute Gasteiger partial charge is 0.492 e. The molecule has 1 aliphatic heterocycles.